The normalized spacial score (nSPS) is 11.9. The Hall–Kier alpha value is -2.60. The molecular weight excluding hydrogens is 369 g/mol. The Labute approximate surface area is 173 Å². The van der Waals surface area contributed by atoms with Crippen LogP contribution in [-0.4, -0.2) is 38.3 Å². The highest BCUT2D eigenvalue weighted by atomic mass is 19.1. The summed E-state index contributed by atoms with van der Waals surface area (Å²) >= 11 is 0. The van der Waals surface area contributed by atoms with Crippen molar-refractivity contribution in [1.82, 2.24) is 5.32 Å². The molecule has 1 amide bonds. The molecule has 0 aliphatic heterocycles. The van der Waals surface area contributed by atoms with Gasteiger partial charge in [-0.05, 0) is 67.8 Å². The van der Waals surface area contributed by atoms with E-state index in [1.54, 1.807) is 12.1 Å². The minimum absolute atomic E-state index is 0.158. The van der Waals surface area contributed by atoms with Gasteiger partial charge in [-0.3, -0.25) is 4.79 Å². The highest BCUT2D eigenvalue weighted by Crippen LogP contribution is 2.17. The molecule has 0 bridgehead atoms. The number of rotatable bonds is 12. The third-order valence-corrected chi connectivity index (χ3v) is 4.34. The molecule has 1 atom stereocenters. The molecule has 29 heavy (non-hydrogen) atoms. The highest BCUT2D eigenvalue weighted by molar-refractivity contribution is 6.04. The quantitative estimate of drug-likeness (QED) is 0.481. The Morgan fingerprint density at radius 2 is 1.62 bits per heavy atom. The lowest BCUT2D eigenvalue weighted by Gasteiger charge is -2.14. The lowest BCUT2D eigenvalue weighted by molar-refractivity contribution is 0.102. The Morgan fingerprint density at radius 1 is 0.966 bits per heavy atom. The maximum atomic E-state index is 12.4. The van der Waals surface area contributed by atoms with Crippen molar-refractivity contribution in [2.75, 3.05) is 37.0 Å². The van der Waals surface area contributed by atoms with Crippen molar-refractivity contribution >= 4 is 17.3 Å². The predicted octanol–water partition coefficient (Wildman–Crippen LogP) is 4.72. The zero-order valence-electron chi connectivity index (χ0n) is 17.5. The van der Waals surface area contributed by atoms with Crippen LogP contribution in [0.15, 0.2) is 48.5 Å². The van der Waals surface area contributed by atoms with Crippen molar-refractivity contribution in [3.63, 3.8) is 0 Å². The van der Waals surface area contributed by atoms with Crippen molar-refractivity contribution in [3.8, 4) is 5.75 Å². The first-order chi connectivity index (χ1) is 14.0. The standard InChI is InChI=1S/C23H32FN3O2/c1-17(2)16-29-22-10-4-19(5-11-22)23(28)27-21-8-6-20(7-9-21)26-14-12-18(3)25-15-13-24/h4-11,17-18,25-26H,12-16H2,1-3H3,(H,27,28). The van der Waals surface area contributed by atoms with Crippen molar-refractivity contribution in [1.29, 1.82) is 0 Å². The van der Waals surface area contributed by atoms with Crippen LogP contribution in [0.25, 0.3) is 0 Å². The average Bonchev–Trinajstić information content (AvgIpc) is 2.72. The van der Waals surface area contributed by atoms with Crippen molar-refractivity contribution in [2.24, 2.45) is 5.92 Å². The molecule has 0 heterocycles. The molecule has 0 spiro atoms. The van der Waals surface area contributed by atoms with Gasteiger partial charge >= 0.3 is 0 Å². The Balaban J connectivity index is 1.79. The first kappa shape index (κ1) is 22.7. The average molecular weight is 402 g/mol. The maximum Gasteiger partial charge on any atom is 0.255 e. The summed E-state index contributed by atoms with van der Waals surface area (Å²) in [5, 5.41) is 9.34. The number of carbonyl (C=O) groups excluding carboxylic acids is 1. The van der Waals surface area contributed by atoms with E-state index in [0.29, 0.717) is 24.6 Å². The van der Waals surface area contributed by atoms with Crippen LogP contribution < -0.4 is 20.7 Å². The van der Waals surface area contributed by atoms with E-state index in [1.807, 2.05) is 43.3 Å². The molecule has 0 radical (unpaired) electrons. The van der Waals surface area contributed by atoms with Crippen molar-refractivity contribution < 1.29 is 13.9 Å². The molecule has 158 valence electrons. The molecule has 0 aliphatic rings. The van der Waals surface area contributed by atoms with Crippen LogP contribution in [-0.2, 0) is 0 Å². The zero-order valence-corrected chi connectivity index (χ0v) is 17.5. The number of ether oxygens (including phenoxy) is 1. The van der Waals surface area contributed by atoms with E-state index < -0.39 is 0 Å². The predicted molar refractivity (Wildman–Crippen MR) is 118 cm³/mol. The molecule has 2 rings (SSSR count). The van der Waals surface area contributed by atoms with E-state index in [1.165, 1.54) is 0 Å². The summed E-state index contributed by atoms with van der Waals surface area (Å²) in [5.74, 6) is 1.06. The summed E-state index contributed by atoms with van der Waals surface area (Å²) in [5.41, 5.74) is 2.30. The Bertz CT molecular complexity index is 733. The number of carbonyl (C=O) groups is 1. The molecule has 2 aromatic carbocycles. The van der Waals surface area contributed by atoms with Gasteiger partial charge < -0.3 is 20.7 Å². The maximum absolute atomic E-state index is 12.4. The van der Waals surface area contributed by atoms with Gasteiger partial charge in [-0.2, -0.15) is 0 Å². The van der Waals surface area contributed by atoms with Gasteiger partial charge in [-0.25, -0.2) is 4.39 Å². The van der Waals surface area contributed by atoms with E-state index in [9.17, 15) is 9.18 Å². The third-order valence-electron chi connectivity index (χ3n) is 4.34. The lowest BCUT2D eigenvalue weighted by atomic mass is 10.2. The number of benzene rings is 2. The van der Waals surface area contributed by atoms with E-state index in [-0.39, 0.29) is 18.6 Å². The molecule has 0 aromatic heterocycles. The second-order valence-electron chi connectivity index (χ2n) is 7.52. The summed E-state index contributed by atoms with van der Waals surface area (Å²) in [7, 11) is 0. The number of nitrogens with one attached hydrogen (secondary N) is 3. The summed E-state index contributed by atoms with van der Waals surface area (Å²) in [6.45, 7) is 7.71. The smallest absolute Gasteiger partial charge is 0.255 e. The van der Waals surface area contributed by atoms with E-state index in [0.717, 1.165) is 30.1 Å². The number of hydrogen-bond acceptors (Lipinski definition) is 4. The molecule has 1 unspecified atom stereocenters. The molecular formula is C23H32FN3O2. The lowest BCUT2D eigenvalue weighted by Crippen LogP contribution is -2.29. The van der Waals surface area contributed by atoms with Crippen LogP contribution in [0.2, 0.25) is 0 Å². The Kier molecular flexibility index (Phi) is 9.44. The van der Waals surface area contributed by atoms with Gasteiger partial charge in [-0.1, -0.05) is 13.8 Å². The number of anilines is 2. The fourth-order valence-corrected chi connectivity index (χ4v) is 2.68. The summed E-state index contributed by atoms with van der Waals surface area (Å²) in [6, 6.07) is 15.0. The van der Waals surface area contributed by atoms with Crippen LogP contribution >= 0.6 is 0 Å². The van der Waals surface area contributed by atoms with Crippen LogP contribution in [0.4, 0.5) is 15.8 Å². The monoisotopic (exact) mass is 401 g/mol. The van der Waals surface area contributed by atoms with E-state index in [2.05, 4.69) is 29.8 Å². The van der Waals surface area contributed by atoms with Crippen molar-refractivity contribution in [3.05, 3.63) is 54.1 Å². The largest absolute Gasteiger partial charge is 0.493 e. The van der Waals surface area contributed by atoms with Gasteiger partial charge in [0.25, 0.3) is 5.91 Å². The number of amides is 1. The molecule has 0 saturated carbocycles. The molecule has 5 nitrogen and oxygen atoms in total. The van der Waals surface area contributed by atoms with Gasteiger partial charge in [0.2, 0.25) is 0 Å². The molecule has 6 heteroatoms. The number of halogens is 1. The van der Waals surface area contributed by atoms with Gasteiger partial charge in [-0.15, -0.1) is 0 Å². The van der Waals surface area contributed by atoms with Crippen LogP contribution in [0, 0.1) is 5.92 Å². The first-order valence-corrected chi connectivity index (χ1v) is 10.2. The Morgan fingerprint density at radius 3 is 2.24 bits per heavy atom. The minimum Gasteiger partial charge on any atom is -0.493 e. The van der Waals surface area contributed by atoms with Crippen LogP contribution in [0.5, 0.6) is 5.75 Å². The fraction of sp³-hybridized carbons (Fsp3) is 0.435. The van der Waals surface area contributed by atoms with Gasteiger partial charge in [0, 0.05) is 36.1 Å². The number of hydrogen-bond donors (Lipinski definition) is 3. The van der Waals surface area contributed by atoms with E-state index in [4.69, 9.17) is 4.74 Å². The second kappa shape index (κ2) is 12.1. The summed E-state index contributed by atoms with van der Waals surface area (Å²) in [4.78, 5) is 12.4. The van der Waals surface area contributed by atoms with Gasteiger partial charge in [0.15, 0.2) is 0 Å². The second-order valence-corrected chi connectivity index (χ2v) is 7.52. The van der Waals surface area contributed by atoms with Crippen LogP contribution in [0.1, 0.15) is 37.6 Å². The zero-order chi connectivity index (χ0) is 21.1. The molecule has 3 N–H and O–H groups in total. The summed E-state index contributed by atoms with van der Waals surface area (Å²) in [6.07, 6.45) is 0.898. The molecule has 0 aliphatic carbocycles. The SMILES string of the molecule is CC(C)COc1ccc(C(=O)Nc2ccc(NCCC(C)NCCF)cc2)cc1. The van der Waals surface area contributed by atoms with Gasteiger partial charge in [0.05, 0.1) is 6.61 Å². The molecule has 2 aromatic rings. The van der Waals surface area contributed by atoms with Gasteiger partial charge in [0.1, 0.15) is 12.4 Å². The highest BCUT2D eigenvalue weighted by Gasteiger charge is 2.07. The topological polar surface area (TPSA) is 62.4 Å². The minimum atomic E-state index is -0.346. The first-order valence-electron chi connectivity index (χ1n) is 10.2. The third kappa shape index (κ3) is 8.52. The van der Waals surface area contributed by atoms with E-state index >= 15 is 0 Å². The molecule has 0 fully saturated rings. The molecule has 0 saturated heterocycles. The number of alkyl halides is 1. The fourth-order valence-electron chi connectivity index (χ4n) is 2.68. The summed E-state index contributed by atoms with van der Waals surface area (Å²) < 4.78 is 17.8. The van der Waals surface area contributed by atoms with Crippen molar-refractivity contribution in [2.45, 2.75) is 33.2 Å². The van der Waals surface area contributed by atoms with Crippen LogP contribution in [0.3, 0.4) is 0 Å².